The van der Waals surface area contributed by atoms with Crippen LogP contribution in [-0.2, 0) is 0 Å². The standard InChI is InChI=1S/C18H31N5/c1-14-15(2)19-16(3)20-18(14)23-10-8-22(9-11-23)13-17-6-5-7-21(4)12-17/h17H,5-13H2,1-4H3/t17-/m0/s1. The number of hydrogen-bond donors (Lipinski definition) is 0. The first-order valence-electron chi connectivity index (χ1n) is 9.00. The Morgan fingerprint density at radius 2 is 1.74 bits per heavy atom. The first-order chi connectivity index (χ1) is 11.0. The Morgan fingerprint density at radius 3 is 2.43 bits per heavy atom. The number of aryl methyl sites for hydroxylation is 2. The molecule has 1 atom stereocenters. The van der Waals surface area contributed by atoms with Crippen molar-refractivity contribution in [1.29, 1.82) is 0 Å². The molecule has 1 aromatic rings. The first kappa shape index (κ1) is 16.7. The predicted molar refractivity (Wildman–Crippen MR) is 95.1 cm³/mol. The zero-order chi connectivity index (χ0) is 16.4. The van der Waals surface area contributed by atoms with E-state index in [1.165, 1.54) is 38.0 Å². The number of piperidine rings is 1. The largest absolute Gasteiger partial charge is 0.354 e. The van der Waals surface area contributed by atoms with Crippen LogP contribution in [0.2, 0.25) is 0 Å². The van der Waals surface area contributed by atoms with E-state index in [1.54, 1.807) is 0 Å². The van der Waals surface area contributed by atoms with Gasteiger partial charge < -0.3 is 9.80 Å². The Labute approximate surface area is 140 Å². The Morgan fingerprint density at radius 1 is 1.00 bits per heavy atom. The summed E-state index contributed by atoms with van der Waals surface area (Å²) >= 11 is 0. The third-order valence-electron chi connectivity index (χ3n) is 5.39. The molecular formula is C18H31N5. The summed E-state index contributed by atoms with van der Waals surface area (Å²) in [5.74, 6) is 2.88. The second-order valence-corrected chi connectivity index (χ2v) is 7.36. The van der Waals surface area contributed by atoms with Gasteiger partial charge >= 0.3 is 0 Å². The number of likely N-dealkylation sites (tertiary alicyclic amines) is 1. The van der Waals surface area contributed by atoms with Crippen LogP contribution in [0.25, 0.3) is 0 Å². The SMILES string of the molecule is Cc1nc(C)c(C)c(N2CCN(C[C@H]3CCCN(C)C3)CC2)n1. The number of rotatable bonds is 3. The molecule has 2 saturated heterocycles. The van der Waals surface area contributed by atoms with Crippen molar-refractivity contribution < 1.29 is 0 Å². The van der Waals surface area contributed by atoms with Crippen molar-refractivity contribution in [2.75, 3.05) is 57.8 Å². The van der Waals surface area contributed by atoms with Gasteiger partial charge in [0.05, 0.1) is 0 Å². The van der Waals surface area contributed by atoms with Gasteiger partial charge in [0.25, 0.3) is 0 Å². The van der Waals surface area contributed by atoms with Gasteiger partial charge in [0.15, 0.2) is 0 Å². The normalized spacial score (nSPS) is 24.2. The highest BCUT2D eigenvalue weighted by molar-refractivity contribution is 5.48. The zero-order valence-corrected chi connectivity index (χ0v) is 15.2. The molecule has 0 aromatic carbocycles. The average molecular weight is 317 g/mol. The topological polar surface area (TPSA) is 35.5 Å². The lowest BCUT2D eigenvalue weighted by Crippen LogP contribution is -2.49. The monoisotopic (exact) mass is 317 g/mol. The number of hydrogen-bond acceptors (Lipinski definition) is 5. The fourth-order valence-electron chi connectivity index (χ4n) is 3.99. The third kappa shape index (κ3) is 4.01. The molecular weight excluding hydrogens is 286 g/mol. The Bertz CT molecular complexity index is 536. The molecule has 128 valence electrons. The van der Waals surface area contributed by atoms with Crippen LogP contribution in [0.1, 0.15) is 29.9 Å². The van der Waals surface area contributed by atoms with Gasteiger partial charge in [0.1, 0.15) is 11.6 Å². The molecule has 0 saturated carbocycles. The molecule has 23 heavy (non-hydrogen) atoms. The summed E-state index contributed by atoms with van der Waals surface area (Å²) in [7, 11) is 2.26. The van der Waals surface area contributed by atoms with Crippen molar-refractivity contribution >= 4 is 5.82 Å². The maximum Gasteiger partial charge on any atom is 0.135 e. The van der Waals surface area contributed by atoms with Crippen LogP contribution in [-0.4, -0.2) is 72.6 Å². The molecule has 3 heterocycles. The number of aromatic nitrogens is 2. The number of nitrogens with zero attached hydrogens (tertiary/aromatic N) is 5. The molecule has 1 aromatic heterocycles. The van der Waals surface area contributed by atoms with Gasteiger partial charge in [-0.05, 0) is 53.1 Å². The lowest BCUT2D eigenvalue weighted by atomic mass is 9.97. The van der Waals surface area contributed by atoms with Crippen LogP contribution in [0.5, 0.6) is 0 Å². The smallest absolute Gasteiger partial charge is 0.135 e. The minimum atomic E-state index is 0.852. The average Bonchev–Trinajstić information content (AvgIpc) is 2.52. The lowest BCUT2D eigenvalue weighted by Gasteiger charge is -2.39. The van der Waals surface area contributed by atoms with Crippen molar-refractivity contribution in [2.45, 2.75) is 33.6 Å². The van der Waals surface area contributed by atoms with Crippen molar-refractivity contribution in [3.63, 3.8) is 0 Å². The predicted octanol–water partition coefficient (Wildman–Crippen LogP) is 1.87. The molecule has 5 heteroatoms. The fraction of sp³-hybridized carbons (Fsp3) is 0.778. The number of anilines is 1. The zero-order valence-electron chi connectivity index (χ0n) is 15.2. The van der Waals surface area contributed by atoms with Crippen LogP contribution < -0.4 is 4.90 Å². The Hall–Kier alpha value is -1.20. The van der Waals surface area contributed by atoms with Gasteiger partial charge in [-0.2, -0.15) is 0 Å². The molecule has 0 amide bonds. The van der Waals surface area contributed by atoms with Crippen LogP contribution in [0.4, 0.5) is 5.82 Å². The molecule has 0 unspecified atom stereocenters. The number of piperazine rings is 1. The molecule has 0 radical (unpaired) electrons. The summed E-state index contributed by atoms with van der Waals surface area (Å²) in [6.45, 7) is 14.5. The minimum Gasteiger partial charge on any atom is -0.354 e. The van der Waals surface area contributed by atoms with Crippen LogP contribution >= 0.6 is 0 Å². The van der Waals surface area contributed by atoms with Crippen LogP contribution in [0.3, 0.4) is 0 Å². The molecule has 3 rings (SSSR count). The van der Waals surface area contributed by atoms with E-state index in [2.05, 4.69) is 40.6 Å². The maximum absolute atomic E-state index is 4.70. The van der Waals surface area contributed by atoms with Gasteiger partial charge in [-0.1, -0.05) is 0 Å². The van der Waals surface area contributed by atoms with Crippen LogP contribution in [0, 0.1) is 26.7 Å². The van der Waals surface area contributed by atoms with Crippen molar-refractivity contribution in [2.24, 2.45) is 5.92 Å². The second kappa shape index (κ2) is 7.14. The van der Waals surface area contributed by atoms with Crippen molar-refractivity contribution in [3.05, 3.63) is 17.1 Å². The quantitative estimate of drug-likeness (QED) is 0.850. The van der Waals surface area contributed by atoms with Gasteiger partial charge in [-0.3, -0.25) is 4.90 Å². The highest BCUT2D eigenvalue weighted by Crippen LogP contribution is 2.22. The molecule has 2 aliphatic rings. The lowest BCUT2D eigenvalue weighted by molar-refractivity contribution is 0.147. The Kier molecular flexibility index (Phi) is 5.17. The van der Waals surface area contributed by atoms with Gasteiger partial charge in [0.2, 0.25) is 0 Å². The van der Waals surface area contributed by atoms with E-state index in [9.17, 15) is 0 Å². The van der Waals surface area contributed by atoms with E-state index in [-0.39, 0.29) is 0 Å². The summed E-state index contributed by atoms with van der Waals surface area (Å²) in [6.07, 6.45) is 2.76. The molecule has 0 bridgehead atoms. The van der Waals surface area contributed by atoms with Gasteiger partial charge in [-0.15, -0.1) is 0 Å². The molecule has 2 fully saturated rings. The highest BCUT2D eigenvalue weighted by Gasteiger charge is 2.24. The van der Waals surface area contributed by atoms with E-state index < -0.39 is 0 Å². The third-order valence-corrected chi connectivity index (χ3v) is 5.39. The van der Waals surface area contributed by atoms with E-state index in [0.717, 1.165) is 49.4 Å². The first-order valence-corrected chi connectivity index (χ1v) is 9.00. The van der Waals surface area contributed by atoms with E-state index >= 15 is 0 Å². The fourth-order valence-corrected chi connectivity index (χ4v) is 3.99. The van der Waals surface area contributed by atoms with E-state index in [1.807, 2.05) is 6.92 Å². The van der Waals surface area contributed by atoms with Gasteiger partial charge in [0, 0.05) is 50.5 Å². The maximum atomic E-state index is 4.70. The molecule has 0 N–H and O–H groups in total. The molecule has 5 nitrogen and oxygen atoms in total. The Balaban J connectivity index is 1.56. The van der Waals surface area contributed by atoms with Crippen molar-refractivity contribution in [3.8, 4) is 0 Å². The van der Waals surface area contributed by atoms with Crippen LogP contribution in [0.15, 0.2) is 0 Å². The summed E-state index contributed by atoms with van der Waals surface area (Å²) < 4.78 is 0. The molecule has 0 spiro atoms. The summed E-state index contributed by atoms with van der Waals surface area (Å²) in [5, 5.41) is 0. The van der Waals surface area contributed by atoms with E-state index in [0.29, 0.717) is 0 Å². The highest BCUT2D eigenvalue weighted by atomic mass is 15.3. The summed E-state index contributed by atoms with van der Waals surface area (Å²) in [5.41, 5.74) is 2.35. The van der Waals surface area contributed by atoms with Gasteiger partial charge in [-0.25, -0.2) is 9.97 Å². The summed E-state index contributed by atoms with van der Waals surface area (Å²) in [4.78, 5) is 16.8. The van der Waals surface area contributed by atoms with E-state index in [4.69, 9.17) is 4.98 Å². The summed E-state index contributed by atoms with van der Waals surface area (Å²) in [6, 6.07) is 0. The molecule has 2 aliphatic heterocycles. The molecule has 0 aliphatic carbocycles. The minimum absolute atomic E-state index is 0.852. The van der Waals surface area contributed by atoms with Crippen molar-refractivity contribution in [1.82, 2.24) is 19.8 Å². The second-order valence-electron chi connectivity index (χ2n) is 7.36.